The van der Waals surface area contributed by atoms with Crippen LogP contribution in [-0.2, 0) is 6.42 Å². The second-order valence-electron chi connectivity index (χ2n) is 4.82. The molecule has 0 amide bonds. The Morgan fingerprint density at radius 3 is 2.82 bits per heavy atom. The maximum atomic E-state index is 11.3. The topological polar surface area (TPSA) is 60.7 Å². The molecule has 3 rings (SSSR count). The minimum absolute atomic E-state index is 0.113. The van der Waals surface area contributed by atoms with Crippen molar-refractivity contribution in [2.24, 2.45) is 5.92 Å². The number of imidazole rings is 1. The number of aromatic nitrogens is 2. The molecule has 0 bridgehead atoms. The highest BCUT2D eigenvalue weighted by molar-refractivity contribution is 5.78. The SMILES string of the molecule is O=c1[nH]c2cccc(CC3CCNCC3)c2[nH]1. The van der Waals surface area contributed by atoms with Crippen LogP contribution in [0.3, 0.4) is 0 Å². The summed E-state index contributed by atoms with van der Waals surface area (Å²) in [7, 11) is 0. The molecule has 0 unspecified atom stereocenters. The predicted octanol–water partition coefficient (Wildman–Crippen LogP) is 1.40. The van der Waals surface area contributed by atoms with Crippen LogP contribution in [0.15, 0.2) is 23.0 Å². The fraction of sp³-hybridized carbons (Fsp3) is 0.462. The highest BCUT2D eigenvalue weighted by Crippen LogP contribution is 2.21. The minimum atomic E-state index is -0.113. The minimum Gasteiger partial charge on any atom is -0.317 e. The first-order valence-electron chi connectivity index (χ1n) is 6.23. The largest absolute Gasteiger partial charge is 0.323 e. The number of aromatic amines is 2. The molecule has 1 aliphatic heterocycles. The van der Waals surface area contributed by atoms with E-state index in [1.807, 2.05) is 12.1 Å². The third kappa shape index (κ3) is 2.13. The van der Waals surface area contributed by atoms with E-state index in [1.54, 1.807) is 0 Å². The van der Waals surface area contributed by atoms with E-state index in [4.69, 9.17) is 0 Å². The zero-order valence-corrected chi connectivity index (χ0v) is 9.75. The number of H-pyrrole nitrogens is 2. The Morgan fingerprint density at radius 1 is 1.18 bits per heavy atom. The summed E-state index contributed by atoms with van der Waals surface area (Å²) in [5, 5.41) is 3.38. The highest BCUT2D eigenvalue weighted by Gasteiger charge is 2.15. The van der Waals surface area contributed by atoms with Crippen molar-refractivity contribution in [1.29, 1.82) is 0 Å². The van der Waals surface area contributed by atoms with Crippen LogP contribution in [0.2, 0.25) is 0 Å². The molecule has 3 N–H and O–H groups in total. The van der Waals surface area contributed by atoms with Gasteiger partial charge >= 0.3 is 5.69 Å². The van der Waals surface area contributed by atoms with E-state index in [2.05, 4.69) is 21.4 Å². The van der Waals surface area contributed by atoms with Crippen LogP contribution in [0.5, 0.6) is 0 Å². The number of benzene rings is 1. The van der Waals surface area contributed by atoms with Gasteiger partial charge in [0.1, 0.15) is 0 Å². The van der Waals surface area contributed by atoms with Crippen molar-refractivity contribution in [1.82, 2.24) is 15.3 Å². The molecule has 4 nitrogen and oxygen atoms in total. The first-order valence-corrected chi connectivity index (χ1v) is 6.23. The van der Waals surface area contributed by atoms with Gasteiger partial charge in [0, 0.05) is 0 Å². The summed E-state index contributed by atoms with van der Waals surface area (Å²) in [5.41, 5.74) is 3.04. The van der Waals surface area contributed by atoms with Crippen LogP contribution in [-0.4, -0.2) is 23.1 Å². The van der Waals surface area contributed by atoms with Gasteiger partial charge in [0.25, 0.3) is 0 Å². The normalized spacial score (nSPS) is 17.6. The van der Waals surface area contributed by atoms with Gasteiger partial charge in [-0.25, -0.2) is 4.79 Å². The lowest BCUT2D eigenvalue weighted by atomic mass is 9.90. The fourth-order valence-corrected chi connectivity index (χ4v) is 2.69. The second-order valence-corrected chi connectivity index (χ2v) is 4.82. The third-order valence-corrected chi connectivity index (χ3v) is 3.60. The molecule has 0 saturated carbocycles. The maximum absolute atomic E-state index is 11.3. The highest BCUT2D eigenvalue weighted by atomic mass is 16.1. The second kappa shape index (κ2) is 4.37. The van der Waals surface area contributed by atoms with E-state index >= 15 is 0 Å². The van der Waals surface area contributed by atoms with Crippen molar-refractivity contribution in [2.75, 3.05) is 13.1 Å². The zero-order chi connectivity index (χ0) is 11.7. The van der Waals surface area contributed by atoms with Gasteiger partial charge in [0.05, 0.1) is 11.0 Å². The standard InChI is InChI=1S/C13H17N3O/c17-13-15-11-3-1-2-10(12(11)16-13)8-9-4-6-14-7-5-9/h1-3,9,14H,4-8H2,(H2,15,16,17). The van der Waals surface area contributed by atoms with Gasteiger partial charge in [-0.05, 0) is 49.9 Å². The monoisotopic (exact) mass is 231 g/mol. The molecule has 0 spiro atoms. The molecule has 1 saturated heterocycles. The Morgan fingerprint density at radius 2 is 2.00 bits per heavy atom. The van der Waals surface area contributed by atoms with Crippen molar-refractivity contribution in [3.63, 3.8) is 0 Å². The maximum Gasteiger partial charge on any atom is 0.323 e. The van der Waals surface area contributed by atoms with Crippen molar-refractivity contribution in [2.45, 2.75) is 19.3 Å². The van der Waals surface area contributed by atoms with E-state index in [9.17, 15) is 4.79 Å². The number of fused-ring (bicyclic) bond motifs is 1. The van der Waals surface area contributed by atoms with E-state index < -0.39 is 0 Å². The first-order chi connectivity index (χ1) is 8.33. The Kier molecular flexibility index (Phi) is 2.73. The number of hydrogen-bond donors (Lipinski definition) is 3. The number of nitrogens with one attached hydrogen (secondary N) is 3. The lowest BCUT2D eigenvalue weighted by Crippen LogP contribution is -2.28. The summed E-state index contributed by atoms with van der Waals surface area (Å²) in [6, 6.07) is 6.08. The summed E-state index contributed by atoms with van der Waals surface area (Å²) in [6.45, 7) is 2.23. The van der Waals surface area contributed by atoms with Crippen molar-refractivity contribution in [3.05, 3.63) is 34.2 Å². The number of piperidine rings is 1. The summed E-state index contributed by atoms with van der Waals surface area (Å²) in [6.07, 6.45) is 3.52. The molecule has 0 aliphatic carbocycles. The Labute approximate surface area is 99.4 Å². The van der Waals surface area contributed by atoms with E-state index in [1.165, 1.54) is 18.4 Å². The summed E-state index contributed by atoms with van der Waals surface area (Å²) < 4.78 is 0. The summed E-state index contributed by atoms with van der Waals surface area (Å²) in [4.78, 5) is 17.0. The number of hydrogen-bond acceptors (Lipinski definition) is 2. The Bertz CT molecular complexity index is 563. The van der Waals surface area contributed by atoms with Gasteiger partial charge < -0.3 is 15.3 Å². The molecule has 17 heavy (non-hydrogen) atoms. The average molecular weight is 231 g/mol. The lowest BCUT2D eigenvalue weighted by Gasteiger charge is -2.22. The zero-order valence-electron chi connectivity index (χ0n) is 9.75. The molecule has 0 radical (unpaired) electrons. The van der Waals surface area contributed by atoms with Crippen LogP contribution in [0.25, 0.3) is 11.0 Å². The predicted molar refractivity (Wildman–Crippen MR) is 68.2 cm³/mol. The van der Waals surface area contributed by atoms with E-state index in [0.29, 0.717) is 0 Å². The smallest absolute Gasteiger partial charge is 0.317 e. The molecule has 1 aromatic heterocycles. The van der Waals surface area contributed by atoms with Crippen LogP contribution in [0, 0.1) is 5.92 Å². The Hall–Kier alpha value is -1.55. The van der Waals surface area contributed by atoms with Crippen molar-refractivity contribution in [3.8, 4) is 0 Å². The molecule has 0 atom stereocenters. The van der Waals surface area contributed by atoms with Crippen molar-refractivity contribution >= 4 is 11.0 Å². The van der Waals surface area contributed by atoms with Crippen LogP contribution in [0.1, 0.15) is 18.4 Å². The molecule has 2 heterocycles. The quantitative estimate of drug-likeness (QED) is 0.731. The first kappa shape index (κ1) is 10.6. The molecular weight excluding hydrogens is 214 g/mol. The van der Waals surface area contributed by atoms with Crippen molar-refractivity contribution < 1.29 is 0 Å². The van der Waals surface area contributed by atoms with Gasteiger partial charge in [0.2, 0.25) is 0 Å². The molecule has 90 valence electrons. The number of para-hydroxylation sites is 1. The van der Waals surface area contributed by atoms with Crippen LogP contribution in [0.4, 0.5) is 0 Å². The molecule has 1 aliphatic rings. The fourth-order valence-electron chi connectivity index (χ4n) is 2.69. The third-order valence-electron chi connectivity index (χ3n) is 3.60. The molecular formula is C13H17N3O. The molecule has 1 aromatic carbocycles. The molecule has 2 aromatic rings. The average Bonchev–Trinajstić information content (AvgIpc) is 2.72. The number of rotatable bonds is 2. The van der Waals surface area contributed by atoms with Gasteiger partial charge in [-0.15, -0.1) is 0 Å². The lowest BCUT2D eigenvalue weighted by molar-refractivity contribution is 0.373. The Balaban J connectivity index is 1.91. The summed E-state index contributed by atoms with van der Waals surface area (Å²) in [5.74, 6) is 0.736. The summed E-state index contributed by atoms with van der Waals surface area (Å²) >= 11 is 0. The molecule has 4 heteroatoms. The van der Waals surface area contributed by atoms with E-state index in [-0.39, 0.29) is 5.69 Å². The van der Waals surface area contributed by atoms with Crippen LogP contribution < -0.4 is 11.0 Å². The van der Waals surface area contributed by atoms with E-state index in [0.717, 1.165) is 36.5 Å². The molecule has 1 fully saturated rings. The van der Waals surface area contributed by atoms with Gasteiger partial charge in [-0.2, -0.15) is 0 Å². The van der Waals surface area contributed by atoms with Gasteiger partial charge in [-0.3, -0.25) is 0 Å². The van der Waals surface area contributed by atoms with Gasteiger partial charge in [0.15, 0.2) is 0 Å². The van der Waals surface area contributed by atoms with Crippen LogP contribution >= 0.6 is 0 Å². The van der Waals surface area contributed by atoms with Gasteiger partial charge in [-0.1, -0.05) is 12.1 Å².